The van der Waals surface area contributed by atoms with Crippen molar-refractivity contribution in [2.45, 2.75) is 71.9 Å². The minimum absolute atomic E-state index is 0.0725. The molecule has 0 heterocycles. The molecule has 0 aromatic heterocycles. The minimum atomic E-state index is -1.76. The highest BCUT2D eigenvalue weighted by molar-refractivity contribution is 6.74. The van der Waals surface area contributed by atoms with E-state index in [4.69, 9.17) is 4.43 Å². The van der Waals surface area contributed by atoms with Crippen molar-refractivity contribution >= 4 is 8.32 Å². The molecule has 0 spiro atoms. The summed E-state index contributed by atoms with van der Waals surface area (Å²) in [5.41, 5.74) is 0. The van der Waals surface area contributed by atoms with Gasteiger partial charge in [0.15, 0.2) is 8.32 Å². The van der Waals surface area contributed by atoms with Crippen molar-refractivity contribution in [3.8, 4) is 0 Å². The lowest BCUT2D eigenvalue weighted by atomic mass is 9.90. The zero-order valence-electron chi connectivity index (χ0n) is 13.4. The summed E-state index contributed by atoms with van der Waals surface area (Å²) in [6.07, 6.45) is 1.49. The van der Waals surface area contributed by atoms with Crippen LogP contribution in [0.5, 0.6) is 0 Å². The molecule has 0 aliphatic heterocycles. The van der Waals surface area contributed by atoms with Crippen molar-refractivity contribution < 1.29 is 9.53 Å². The molecule has 0 aliphatic rings. The second kappa shape index (κ2) is 6.35. The van der Waals surface area contributed by atoms with E-state index in [0.29, 0.717) is 0 Å². The molecule has 18 heavy (non-hydrogen) atoms. The molecule has 0 saturated carbocycles. The van der Waals surface area contributed by atoms with E-state index in [1.165, 1.54) is 0 Å². The highest BCUT2D eigenvalue weighted by Gasteiger charge is 2.40. The van der Waals surface area contributed by atoms with Gasteiger partial charge in [-0.25, -0.2) is 0 Å². The van der Waals surface area contributed by atoms with E-state index in [9.17, 15) is 5.11 Å². The van der Waals surface area contributed by atoms with Crippen molar-refractivity contribution in [3.63, 3.8) is 0 Å². The van der Waals surface area contributed by atoms with Crippen molar-refractivity contribution in [3.05, 3.63) is 12.7 Å². The zero-order valence-corrected chi connectivity index (χ0v) is 14.4. The van der Waals surface area contributed by atoms with Gasteiger partial charge in [-0.3, -0.25) is 0 Å². The third kappa shape index (κ3) is 4.52. The summed E-state index contributed by atoms with van der Waals surface area (Å²) < 4.78 is 6.32. The maximum atomic E-state index is 10.2. The van der Waals surface area contributed by atoms with Gasteiger partial charge in [-0.1, -0.05) is 40.7 Å². The van der Waals surface area contributed by atoms with E-state index in [0.717, 1.165) is 0 Å². The van der Waals surface area contributed by atoms with Gasteiger partial charge in [0.1, 0.15) is 0 Å². The lowest BCUT2D eigenvalue weighted by molar-refractivity contribution is 0.0176. The summed E-state index contributed by atoms with van der Waals surface area (Å²) in [5.74, 6) is 0.220. The lowest BCUT2D eigenvalue weighted by Crippen LogP contribution is -2.46. The fourth-order valence-electron chi connectivity index (χ4n) is 1.64. The minimum Gasteiger partial charge on any atom is -0.414 e. The molecule has 1 N–H and O–H groups in total. The molecule has 0 amide bonds. The quantitative estimate of drug-likeness (QED) is 0.579. The second-order valence-electron chi connectivity index (χ2n) is 7.03. The Morgan fingerprint density at radius 1 is 1.17 bits per heavy atom. The average molecular weight is 273 g/mol. The Kier molecular flexibility index (Phi) is 6.31. The molecule has 108 valence electrons. The monoisotopic (exact) mass is 272 g/mol. The zero-order chi connectivity index (χ0) is 14.7. The van der Waals surface area contributed by atoms with Crippen LogP contribution in [0.1, 0.15) is 41.5 Å². The Bertz CT molecular complexity index is 268. The Balaban J connectivity index is 4.68. The maximum absolute atomic E-state index is 10.2. The van der Waals surface area contributed by atoms with Crippen LogP contribution in [0.25, 0.3) is 0 Å². The first-order chi connectivity index (χ1) is 7.94. The summed E-state index contributed by atoms with van der Waals surface area (Å²) in [4.78, 5) is 0. The van der Waals surface area contributed by atoms with Crippen molar-refractivity contribution in [2.75, 3.05) is 0 Å². The van der Waals surface area contributed by atoms with E-state index < -0.39 is 8.32 Å². The van der Waals surface area contributed by atoms with Crippen LogP contribution in [0.4, 0.5) is 0 Å². The predicted molar refractivity (Wildman–Crippen MR) is 82.3 cm³/mol. The van der Waals surface area contributed by atoms with E-state index >= 15 is 0 Å². The molecule has 0 aromatic carbocycles. The molecule has 0 fully saturated rings. The molecule has 0 bridgehead atoms. The van der Waals surface area contributed by atoms with Crippen LogP contribution in [-0.2, 0) is 4.43 Å². The Hall–Kier alpha value is -0.123. The SMILES string of the molecule is C=C[C@H](C)[C@@H](O)[C@@H](C)[C@@H](C)O[Si](C)(C)C(C)(C)C. The summed E-state index contributed by atoms with van der Waals surface area (Å²) in [7, 11) is -1.76. The van der Waals surface area contributed by atoms with Gasteiger partial charge < -0.3 is 9.53 Å². The third-order valence-corrected chi connectivity index (χ3v) is 9.05. The fourth-order valence-corrected chi connectivity index (χ4v) is 3.14. The van der Waals surface area contributed by atoms with Gasteiger partial charge in [-0.15, -0.1) is 6.58 Å². The molecule has 3 heteroatoms. The highest BCUT2D eigenvalue weighted by atomic mass is 28.4. The third-order valence-electron chi connectivity index (χ3n) is 4.48. The molecular weight excluding hydrogens is 240 g/mol. The molecule has 0 aliphatic carbocycles. The van der Waals surface area contributed by atoms with E-state index in [-0.39, 0.29) is 29.1 Å². The van der Waals surface area contributed by atoms with Crippen LogP contribution in [-0.4, -0.2) is 25.6 Å². The van der Waals surface area contributed by atoms with Gasteiger partial charge >= 0.3 is 0 Å². The molecule has 0 aromatic rings. The van der Waals surface area contributed by atoms with Crippen LogP contribution < -0.4 is 0 Å². The van der Waals surface area contributed by atoms with Crippen molar-refractivity contribution in [1.82, 2.24) is 0 Å². The lowest BCUT2D eigenvalue weighted by Gasteiger charge is -2.41. The molecule has 0 unspecified atom stereocenters. The predicted octanol–water partition coefficient (Wildman–Crippen LogP) is 4.22. The first-order valence-electron chi connectivity index (χ1n) is 6.92. The van der Waals surface area contributed by atoms with E-state index in [2.05, 4.69) is 54.3 Å². The molecule has 2 nitrogen and oxygen atoms in total. The molecular formula is C15H32O2Si. The van der Waals surface area contributed by atoms with Crippen molar-refractivity contribution in [1.29, 1.82) is 0 Å². The first kappa shape index (κ1) is 17.9. The largest absolute Gasteiger partial charge is 0.414 e. The molecule has 0 radical (unpaired) electrons. The number of hydrogen-bond acceptors (Lipinski definition) is 2. The van der Waals surface area contributed by atoms with Gasteiger partial charge in [0.25, 0.3) is 0 Å². The van der Waals surface area contributed by atoms with Crippen LogP contribution >= 0.6 is 0 Å². The number of hydrogen-bond donors (Lipinski definition) is 1. The molecule has 0 saturated heterocycles. The maximum Gasteiger partial charge on any atom is 0.192 e. The van der Waals surface area contributed by atoms with Crippen LogP contribution in [0.2, 0.25) is 18.1 Å². The summed E-state index contributed by atoms with van der Waals surface area (Å²) >= 11 is 0. The fraction of sp³-hybridized carbons (Fsp3) is 0.867. The van der Waals surface area contributed by atoms with Gasteiger partial charge in [0, 0.05) is 17.9 Å². The molecule has 4 atom stereocenters. The number of aliphatic hydroxyl groups excluding tert-OH is 1. The van der Waals surface area contributed by atoms with E-state index in [1.807, 2.05) is 6.92 Å². The number of rotatable bonds is 6. The standard InChI is InChI=1S/C15H32O2Si/c1-10-11(2)14(16)12(3)13(4)17-18(8,9)15(5,6)7/h10-14,16H,1H2,2-9H3/t11-,12-,13+,14+/m0/s1. The topological polar surface area (TPSA) is 29.5 Å². The second-order valence-corrected chi connectivity index (χ2v) is 11.8. The van der Waals surface area contributed by atoms with Gasteiger partial charge in [-0.2, -0.15) is 0 Å². The van der Waals surface area contributed by atoms with Crippen LogP contribution in [0.15, 0.2) is 12.7 Å². The average Bonchev–Trinajstić information content (AvgIpc) is 2.23. The van der Waals surface area contributed by atoms with Crippen molar-refractivity contribution in [2.24, 2.45) is 11.8 Å². The van der Waals surface area contributed by atoms with E-state index in [1.54, 1.807) is 6.08 Å². The summed E-state index contributed by atoms with van der Waals surface area (Å²) in [5, 5.41) is 10.4. The smallest absolute Gasteiger partial charge is 0.192 e. The van der Waals surface area contributed by atoms with Gasteiger partial charge in [0.2, 0.25) is 0 Å². The Labute approximate surface area is 115 Å². The Morgan fingerprint density at radius 2 is 1.61 bits per heavy atom. The van der Waals surface area contributed by atoms with Crippen LogP contribution in [0, 0.1) is 11.8 Å². The first-order valence-corrected chi connectivity index (χ1v) is 9.83. The summed E-state index contributed by atoms with van der Waals surface area (Å²) in [6, 6.07) is 0. The van der Waals surface area contributed by atoms with Gasteiger partial charge in [-0.05, 0) is 25.1 Å². The highest BCUT2D eigenvalue weighted by Crippen LogP contribution is 2.38. The van der Waals surface area contributed by atoms with Crippen LogP contribution in [0.3, 0.4) is 0 Å². The summed E-state index contributed by atoms with van der Waals surface area (Å²) in [6.45, 7) is 21.1. The normalized spacial score (nSPS) is 20.1. The number of aliphatic hydroxyl groups is 1. The molecule has 0 rings (SSSR count). The Morgan fingerprint density at radius 3 is 1.94 bits per heavy atom. The van der Waals surface area contributed by atoms with Gasteiger partial charge in [0.05, 0.1) is 6.10 Å².